The van der Waals surface area contributed by atoms with Crippen LogP contribution in [0.1, 0.15) is 51.3 Å². The summed E-state index contributed by atoms with van der Waals surface area (Å²) in [5.41, 5.74) is 1.22. The number of hydrogen-bond donors (Lipinski definition) is 1. The zero-order valence-electron chi connectivity index (χ0n) is 13.6. The summed E-state index contributed by atoms with van der Waals surface area (Å²) in [6.07, 6.45) is 7.05. The van der Waals surface area contributed by atoms with Gasteiger partial charge in [0.1, 0.15) is 5.52 Å². The average molecular weight is 359 g/mol. The highest BCUT2D eigenvalue weighted by Gasteiger charge is 2.12. The zero-order valence-corrected chi connectivity index (χ0v) is 15.2. The van der Waals surface area contributed by atoms with Crippen molar-refractivity contribution in [1.29, 1.82) is 0 Å². The van der Waals surface area contributed by atoms with Crippen LogP contribution in [-0.4, -0.2) is 19.9 Å². The fourth-order valence-electron chi connectivity index (χ4n) is 2.41. The first-order valence-electron chi connectivity index (χ1n) is 8.24. The average Bonchev–Trinajstić information content (AvgIpc) is 3.23. The molecule has 0 aliphatic heterocycles. The van der Waals surface area contributed by atoms with Crippen LogP contribution in [0.3, 0.4) is 0 Å². The van der Waals surface area contributed by atoms with Gasteiger partial charge in [-0.3, -0.25) is 0 Å². The Hall–Kier alpha value is -1.90. The van der Waals surface area contributed by atoms with Crippen LogP contribution in [0.25, 0.3) is 21.9 Å². The number of halogens is 1. The molecular weight excluding hydrogens is 340 g/mol. The number of hydrogen-bond acceptors (Lipinski definition) is 4. The molecule has 3 heterocycles. The van der Waals surface area contributed by atoms with E-state index in [1.165, 1.54) is 25.7 Å². The van der Waals surface area contributed by atoms with Crippen LogP contribution in [0.2, 0.25) is 5.15 Å². The predicted molar refractivity (Wildman–Crippen MR) is 100 cm³/mol. The highest BCUT2D eigenvalue weighted by molar-refractivity contribution is 7.13. The van der Waals surface area contributed by atoms with Crippen LogP contribution < -0.4 is 0 Å². The van der Waals surface area contributed by atoms with Gasteiger partial charge in [-0.15, -0.1) is 11.3 Å². The molecule has 0 bridgehead atoms. The lowest BCUT2D eigenvalue weighted by molar-refractivity contribution is 0.641. The summed E-state index contributed by atoms with van der Waals surface area (Å²) >= 11 is 7.86. The van der Waals surface area contributed by atoms with E-state index in [1.54, 1.807) is 11.3 Å². The van der Waals surface area contributed by atoms with Crippen LogP contribution in [0, 0.1) is 11.8 Å². The van der Waals surface area contributed by atoms with Gasteiger partial charge in [0.15, 0.2) is 16.6 Å². The summed E-state index contributed by atoms with van der Waals surface area (Å²) in [6.45, 7) is 2.22. The third kappa shape index (κ3) is 4.14. The van der Waals surface area contributed by atoms with Gasteiger partial charge in [-0.25, -0.2) is 9.97 Å². The van der Waals surface area contributed by atoms with E-state index in [0.29, 0.717) is 22.1 Å². The number of unbranched alkanes of at least 4 members (excludes halogenated alkanes) is 5. The van der Waals surface area contributed by atoms with Gasteiger partial charge in [0.05, 0.1) is 4.88 Å². The van der Waals surface area contributed by atoms with Gasteiger partial charge in [-0.1, -0.05) is 56.2 Å². The van der Waals surface area contributed by atoms with E-state index in [9.17, 15) is 0 Å². The maximum atomic E-state index is 6.25. The topological polar surface area (TPSA) is 54.5 Å². The van der Waals surface area contributed by atoms with Gasteiger partial charge in [0.2, 0.25) is 5.82 Å². The van der Waals surface area contributed by atoms with E-state index in [0.717, 1.165) is 23.5 Å². The molecule has 0 aliphatic rings. The first kappa shape index (κ1) is 16.9. The smallest absolute Gasteiger partial charge is 0.208 e. The van der Waals surface area contributed by atoms with E-state index < -0.39 is 0 Å². The third-order valence-electron chi connectivity index (χ3n) is 3.67. The summed E-state index contributed by atoms with van der Waals surface area (Å²) < 4.78 is 0. The summed E-state index contributed by atoms with van der Waals surface area (Å²) in [7, 11) is 0. The molecule has 0 spiro atoms. The molecule has 3 aromatic heterocycles. The largest absolute Gasteiger partial charge is 0.333 e. The normalized spacial score (nSPS) is 10.8. The van der Waals surface area contributed by atoms with Gasteiger partial charge in [-0.05, 0) is 23.8 Å². The third-order valence-corrected chi connectivity index (χ3v) is 4.82. The fraction of sp³-hybridized carbons (Fsp3) is 0.389. The maximum absolute atomic E-state index is 6.25. The van der Waals surface area contributed by atoms with Crippen molar-refractivity contribution in [2.45, 2.75) is 45.4 Å². The van der Waals surface area contributed by atoms with Crippen molar-refractivity contribution in [3.05, 3.63) is 28.5 Å². The lowest BCUT2D eigenvalue weighted by Gasteiger charge is -1.95. The Morgan fingerprint density at radius 1 is 1.17 bits per heavy atom. The molecule has 0 atom stereocenters. The van der Waals surface area contributed by atoms with Crippen LogP contribution in [0.5, 0.6) is 0 Å². The van der Waals surface area contributed by atoms with Crippen molar-refractivity contribution in [3.8, 4) is 22.5 Å². The number of nitrogens with zero attached hydrogens (tertiary/aromatic N) is 3. The highest BCUT2D eigenvalue weighted by Crippen LogP contribution is 2.26. The molecule has 0 saturated carbocycles. The number of fused-ring (bicyclic) bond motifs is 1. The predicted octanol–water partition coefficient (Wildman–Crippen LogP) is 5.45. The second-order valence-electron chi connectivity index (χ2n) is 5.57. The molecule has 0 fully saturated rings. The number of H-pyrrole nitrogens is 1. The molecule has 24 heavy (non-hydrogen) atoms. The molecule has 0 unspecified atom stereocenters. The minimum Gasteiger partial charge on any atom is -0.333 e. The second-order valence-corrected chi connectivity index (χ2v) is 6.87. The van der Waals surface area contributed by atoms with Gasteiger partial charge in [0, 0.05) is 6.42 Å². The van der Waals surface area contributed by atoms with Crippen molar-refractivity contribution < 1.29 is 0 Å². The number of thiophene rings is 1. The van der Waals surface area contributed by atoms with Gasteiger partial charge >= 0.3 is 0 Å². The van der Waals surface area contributed by atoms with Gasteiger partial charge in [-0.2, -0.15) is 4.98 Å². The van der Waals surface area contributed by atoms with Crippen molar-refractivity contribution in [2.75, 3.05) is 0 Å². The SMILES string of the molecule is CCCCCCCC#Cc1nc(Cl)c2[nH]c(-c3cccs3)nc2n1. The highest BCUT2D eigenvalue weighted by atomic mass is 35.5. The molecule has 3 aromatic rings. The molecule has 1 N–H and O–H groups in total. The zero-order chi connectivity index (χ0) is 16.8. The van der Waals surface area contributed by atoms with Crippen LogP contribution in [0.15, 0.2) is 17.5 Å². The van der Waals surface area contributed by atoms with Gasteiger partial charge in [0.25, 0.3) is 0 Å². The van der Waals surface area contributed by atoms with E-state index in [4.69, 9.17) is 11.6 Å². The quantitative estimate of drug-likeness (QED) is 0.362. The standard InChI is InChI=1S/C18H19ClN4S/c1-2-3-4-5-6-7-8-11-14-20-16(19)15-18(21-14)23-17(22-15)13-10-9-12-24-13/h9-10,12H,2-7H2,1H3,(H,20,21,22,23). The molecule has 0 aliphatic carbocycles. The van der Waals surface area contributed by atoms with E-state index in [2.05, 4.69) is 38.7 Å². The number of nitrogens with one attached hydrogen (secondary N) is 1. The molecule has 4 nitrogen and oxygen atoms in total. The minimum absolute atomic E-state index is 0.363. The second kappa shape index (κ2) is 8.27. The Morgan fingerprint density at radius 2 is 2.04 bits per heavy atom. The van der Waals surface area contributed by atoms with Crippen molar-refractivity contribution in [1.82, 2.24) is 19.9 Å². The molecule has 124 valence electrons. The minimum atomic E-state index is 0.363. The van der Waals surface area contributed by atoms with Gasteiger partial charge < -0.3 is 4.98 Å². The van der Waals surface area contributed by atoms with Crippen molar-refractivity contribution in [2.24, 2.45) is 0 Å². The van der Waals surface area contributed by atoms with Crippen molar-refractivity contribution in [3.63, 3.8) is 0 Å². The molecule has 0 radical (unpaired) electrons. The fourth-order valence-corrected chi connectivity index (χ4v) is 3.29. The number of rotatable bonds is 6. The molecule has 0 aromatic carbocycles. The Morgan fingerprint density at radius 3 is 2.83 bits per heavy atom. The number of imidazole rings is 1. The van der Waals surface area contributed by atoms with E-state index >= 15 is 0 Å². The Labute approximate surface area is 150 Å². The van der Waals surface area contributed by atoms with E-state index in [-0.39, 0.29) is 0 Å². The van der Waals surface area contributed by atoms with Crippen molar-refractivity contribution >= 4 is 34.1 Å². The monoisotopic (exact) mass is 358 g/mol. The van der Waals surface area contributed by atoms with Crippen LogP contribution >= 0.6 is 22.9 Å². The Kier molecular flexibility index (Phi) is 5.84. The first-order chi connectivity index (χ1) is 11.8. The Balaban J connectivity index is 1.71. The Bertz CT molecular complexity index is 858. The number of aromatic amines is 1. The molecule has 0 amide bonds. The first-order valence-corrected chi connectivity index (χ1v) is 9.49. The number of aromatic nitrogens is 4. The van der Waals surface area contributed by atoms with Crippen LogP contribution in [-0.2, 0) is 0 Å². The summed E-state index contributed by atoms with van der Waals surface area (Å²) in [5.74, 6) is 7.34. The molecule has 6 heteroatoms. The molecule has 0 saturated heterocycles. The van der Waals surface area contributed by atoms with E-state index in [1.807, 2.05) is 17.5 Å². The summed E-state index contributed by atoms with van der Waals surface area (Å²) in [4.78, 5) is 17.4. The lowest BCUT2D eigenvalue weighted by atomic mass is 10.1. The molecular formula is C18H19ClN4S. The van der Waals surface area contributed by atoms with Crippen LogP contribution in [0.4, 0.5) is 0 Å². The maximum Gasteiger partial charge on any atom is 0.208 e. The summed E-state index contributed by atoms with van der Waals surface area (Å²) in [6, 6.07) is 3.99. The summed E-state index contributed by atoms with van der Waals surface area (Å²) in [5, 5.41) is 2.37. The molecule has 3 rings (SSSR count). The lowest BCUT2D eigenvalue weighted by Crippen LogP contribution is -1.91.